The zero-order valence-corrected chi connectivity index (χ0v) is 8.72. The number of ether oxygens (including phenoxy) is 1. The fourth-order valence-corrected chi connectivity index (χ4v) is 2.28. The lowest BCUT2D eigenvalue weighted by molar-refractivity contribution is 0.0963. The quantitative estimate of drug-likeness (QED) is 0.846. The number of halogens is 1. The molecule has 2 rings (SSSR count). The van der Waals surface area contributed by atoms with E-state index in [2.05, 4.69) is 0 Å². The van der Waals surface area contributed by atoms with Gasteiger partial charge in [0.1, 0.15) is 11.1 Å². The second-order valence-electron chi connectivity index (χ2n) is 2.88. The normalized spacial score (nSPS) is 21.4. The number of carbonyl (C=O) groups excluding carboxylic acids is 1. The Labute approximate surface area is 89.7 Å². The van der Waals surface area contributed by atoms with Crippen LogP contribution in [0, 0.1) is 0 Å². The van der Waals surface area contributed by atoms with E-state index in [1.807, 2.05) is 0 Å². The van der Waals surface area contributed by atoms with Gasteiger partial charge in [-0.3, -0.25) is 4.90 Å². The molecule has 14 heavy (non-hydrogen) atoms. The molecule has 1 atom stereocenters. The number of thiophene rings is 1. The van der Waals surface area contributed by atoms with Gasteiger partial charge in [-0.1, -0.05) is 11.6 Å². The number of aliphatic hydroxyl groups excluding tert-OH is 1. The number of aliphatic hydroxyl groups is 1. The van der Waals surface area contributed by atoms with E-state index in [-0.39, 0.29) is 6.61 Å². The maximum absolute atomic E-state index is 11.3. The van der Waals surface area contributed by atoms with Gasteiger partial charge in [-0.2, -0.15) is 0 Å². The lowest BCUT2D eigenvalue weighted by Crippen LogP contribution is -2.24. The van der Waals surface area contributed by atoms with Crippen molar-refractivity contribution < 1.29 is 14.6 Å². The van der Waals surface area contributed by atoms with Crippen LogP contribution in [0.4, 0.5) is 9.80 Å². The minimum atomic E-state index is -0.428. The van der Waals surface area contributed by atoms with E-state index in [1.165, 1.54) is 16.2 Å². The highest BCUT2D eigenvalue weighted by molar-refractivity contribution is 7.20. The molecule has 0 bridgehead atoms. The Bertz CT molecular complexity index is 354. The van der Waals surface area contributed by atoms with Crippen molar-refractivity contribution >= 4 is 34.0 Å². The number of carbonyl (C=O) groups is 1. The van der Waals surface area contributed by atoms with Gasteiger partial charge in [-0.25, -0.2) is 4.79 Å². The van der Waals surface area contributed by atoms with Gasteiger partial charge in [0.05, 0.1) is 17.5 Å². The second kappa shape index (κ2) is 3.76. The zero-order chi connectivity index (χ0) is 10.1. The van der Waals surface area contributed by atoms with Crippen LogP contribution in [0.1, 0.15) is 0 Å². The van der Waals surface area contributed by atoms with E-state index in [0.29, 0.717) is 10.9 Å². The monoisotopic (exact) mass is 233 g/mol. The molecule has 0 aromatic carbocycles. The summed E-state index contributed by atoms with van der Waals surface area (Å²) in [6.45, 7) is 0.230. The molecule has 6 heteroatoms. The predicted molar refractivity (Wildman–Crippen MR) is 54.0 cm³/mol. The molecule has 76 valence electrons. The lowest BCUT2D eigenvalue weighted by atomic mass is 10.4. The minimum absolute atomic E-state index is 0.151. The molecule has 0 unspecified atom stereocenters. The van der Waals surface area contributed by atoms with Crippen LogP contribution in [0.2, 0.25) is 4.34 Å². The Morgan fingerprint density at radius 1 is 1.71 bits per heavy atom. The number of anilines is 1. The van der Waals surface area contributed by atoms with Crippen LogP contribution in [0.5, 0.6) is 0 Å². The summed E-state index contributed by atoms with van der Waals surface area (Å²) in [5, 5.41) is 9.57. The van der Waals surface area contributed by atoms with Gasteiger partial charge in [-0.15, -0.1) is 11.3 Å². The first-order valence-corrected chi connectivity index (χ1v) is 5.24. The number of rotatable bonds is 2. The molecule has 1 aromatic rings. The van der Waals surface area contributed by atoms with Crippen LogP contribution in [0.25, 0.3) is 0 Å². The molecule has 1 N–H and O–H groups in total. The highest BCUT2D eigenvalue weighted by Gasteiger charge is 2.32. The summed E-state index contributed by atoms with van der Waals surface area (Å²) in [4.78, 5) is 12.8. The molecule has 0 saturated carbocycles. The molecule has 2 heterocycles. The average Bonchev–Trinajstić information content (AvgIpc) is 2.71. The summed E-state index contributed by atoms with van der Waals surface area (Å²) < 4.78 is 5.51. The maximum Gasteiger partial charge on any atom is 0.415 e. The SMILES string of the molecule is O=C1O[C@@H](CO)CN1c1ccc(Cl)s1. The van der Waals surface area contributed by atoms with Crippen LogP contribution in [-0.2, 0) is 4.74 Å². The molecule has 0 radical (unpaired) electrons. The van der Waals surface area contributed by atoms with Crippen LogP contribution in [0.3, 0.4) is 0 Å². The van der Waals surface area contributed by atoms with Crippen molar-refractivity contribution in [2.24, 2.45) is 0 Å². The van der Waals surface area contributed by atoms with Gasteiger partial charge in [0.2, 0.25) is 0 Å². The second-order valence-corrected chi connectivity index (χ2v) is 4.57. The fourth-order valence-electron chi connectivity index (χ4n) is 1.25. The van der Waals surface area contributed by atoms with Gasteiger partial charge in [0.25, 0.3) is 0 Å². The van der Waals surface area contributed by atoms with Gasteiger partial charge in [0.15, 0.2) is 0 Å². The van der Waals surface area contributed by atoms with Crippen molar-refractivity contribution in [3.8, 4) is 0 Å². The highest BCUT2D eigenvalue weighted by Crippen LogP contribution is 2.32. The van der Waals surface area contributed by atoms with Gasteiger partial charge < -0.3 is 9.84 Å². The largest absolute Gasteiger partial charge is 0.441 e. The summed E-state index contributed by atoms with van der Waals surface area (Å²) in [6, 6.07) is 3.48. The van der Waals surface area contributed by atoms with Crippen molar-refractivity contribution in [2.75, 3.05) is 18.1 Å². The molecule has 0 aliphatic carbocycles. The van der Waals surface area contributed by atoms with E-state index in [1.54, 1.807) is 12.1 Å². The number of hydrogen-bond donors (Lipinski definition) is 1. The lowest BCUT2D eigenvalue weighted by Gasteiger charge is -2.08. The van der Waals surface area contributed by atoms with E-state index < -0.39 is 12.2 Å². The maximum atomic E-state index is 11.3. The molecule has 1 fully saturated rings. The number of hydrogen-bond acceptors (Lipinski definition) is 4. The Balaban J connectivity index is 2.16. The fraction of sp³-hybridized carbons (Fsp3) is 0.375. The summed E-state index contributed by atoms with van der Waals surface area (Å²) in [6.07, 6.45) is -0.856. The number of cyclic esters (lactones) is 1. The zero-order valence-electron chi connectivity index (χ0n) is 7.14. The van der Waals surface area contributed by atoms with Gasteiger partial charge >= 0.3 is 6.09 Å². The van der Waals surface area contributed by atoms with E-state index in [9.17, 15) is 4.79 Å². The molecule has 1 amide bonds. The van der Waals surface area contributed by atoms with Crippen molar-refractivity contribution in [2.45, 2.75) is 6.10 Å². The third kappa shape index (κ3) is 1.70. The molecular formula is C8H8ClNO3S. The first-order chi connectivity index (χ1) is 6.70. The van der Waals surface area contributed by atoms with Crippen molar-refractivity contribution in [1.82, 2.24) is 0 Å². The third-order valence-electron chi connectivity index (χ3n) is 1.90. The molecule has 1 aliphatic rings. The Kier molecular flexibility index (Phi) is 2.62. The van der Waals surface area contributed by atoms with Crippen LogP contribution >= 0.6 is 22.9 Å². The van der Waals surface area contributed by atoms with E-state index >= 15 is 0 Å². The van der Waals surface area contributed by atoms with Crippen molar-refractivity contribution in [3.63, 3.8) is 0 Å². The Morgan fingerprint density at radius 2 is 2.50 bits per heavy atom. The summed E-state index contributed by atoms with van der Waals surface area (Å²) in [5.74, 6) is 0. The smallest absolute Gasteiger partial charge is 0.415 e. The van der Waals surface area contributed by atoms with E-state index in [0.717, 1.165) is 5.00 Å². The summed E-state index contributed by atoms with van der Waals surface area (Å²) in [7, 11) is 0. The first-order valence-electron chi connectivity index (χ1n) is 4.05. The molecule has 1 aliphatic heterocycles. The summed E-state index contributed by atoms with van der Waals surface area (Å²) in [5.41, 5.74) is 0. The highest BCUT2D eigenvalue weighted by atomic mass is 35.5. The average molecular weight is 234 g/mol. The standard InChI is InChI=1S/C8H8ClNO3S/c9-6-1-2-7(14-6)10-3-5(4-11)13-8(10)12/h1-2,5,11H,3-4H2/t5-/m1/s1. The predicted octanol–water partition coefficient (Wildman–Crippen LogP) is 1.72. The van der Waals surface area contributed by atoms with Crippen molar-refractivity contribution in [3.05, 3.63) is 16.5 Å². The summed E-state index contributed by atoms with van der Waals surface area (Å²) >= 11 is 7.06. The molecule has 1 saturated heterocycles. The molecule has 0 spiro atoms. The van der Waals surface area contributed by atoms with E-state index in [4.69, 9.17) is 21.4 Å². The molecule has 1 aromatic heterocycles. The third-order valence-corrected chi connectivity index (χ3v) is 3.16. The van der Waals surface area contributed by atoms with Crippen LogP contribution < -0.4 is 4.90 Å². The number of nitrogens with zero attached hydrogens (tertiary/aromatic N) is 1. The molecule has 4 nitrogen and oxygen atoms in total. The van der Waals surface area contributed by atoms with Gasteiger partial charge in [-0.05, 0) is 12.1 Å². The van der Waals surface area contributed by atoms with Crippen LogP contribution in [0.15, 0.2) is 12.1 Å². The molecular weight excluding hydrogens is 226 g/mol. The Morgan fingerprint density at radius 3 is 3.00 bits per heavy atom. The Hall–Kier alpha value is -0.780. The van der Waals surface area contributed by atoms with Gasteiger partial charge in [0, 0.05) is 0 Å². The number of amides is 1. The topological polar surface area (TPSA) is 49.8 Å². The van der Waals surface area contributed by atoms with Crippen molar-refractivity contribution in [1.29, 1.82) is 0 Å². The minimum Gasteiger partial charge on any atom is -0.441 e. The first kappa shape index (κ1) is 9.76. The van der Waals surface area contributed by atoms with Crippen LogP contribution in [-0.4, -0.2) is 30.5 Å².